The number of unbranched alkanes of at least 4 members (excludes halogenated alkanes) is 1. The van der Waals surface area contributed by atoms with Crippen molar-refractivity contribution in [2.24, 2.45) is 0 Å². The molecule has 0 unspecified atom stereocenters. The zero-order valence-corrected chi connectivity index (χ0v) is 12.1. The van der Waals surface area contributed by atoms with Crippen molar-refractivity contribution in [3.05, 3.63) is 6.33 Å². The quantitative estimate of drug-likeness (QED) is 0.608. The second-order valence-corrected chi connectivity index (χ2v) is 4.42. The Morgan fingerprint density at radius 2 is 2.10 bits per heavy atom. The largest absolute Gasteiger partial charge is 0.380 e. The second-order valence-electron chi connectivity index (χ2n) is 4.42. The zero-order chi connectivity index (χ0) is 14.2. The highest BCUT2D eigenvalue weighted by Crippen LogP contribution is 2.18. The first-order valence-corrected chi connectivity index (χ1v) is 7.11. The van der Waals surface area contributed by atoms with Gasteiger partial charge in [-0.2, -0.15) is 9.97 Å². The van der Waals surface area contributed by atoms with Crippen molar-refractivity contribution in [1.82, 2.24) is 19.9 Å². The maximum Gasteiger partial charge on any atom is 0.226 e. The van der Waals surface area contributed by atoms with E-state index >= 15 is 0 Å². The molecule has 0 saturated carbocycles. The molecule has 0 spiro atoms. The van der Waals surface area contributed by atoms with Gasteiger partial charge in [0, 0.05) is 19.7 Å². The smallest absolute Gasteiger partial charge is 0.226 e. The van der Waals surface area contributed by atoms with Crippen molar-refractivity contribution in [3.63, 3.8) is 0 Å². The summed E-state index contributed by atoms with van der Waals surface area (Å²) in [4.78, 5) is 16.0. The van der Waals surface area contributed by atoms with Gasteiger partial charge in [0.2, 0.25) is 5.95 Å². The summed E-state index contributed by atoms with van der Waals surface area (Å²) in [5.74, 6) is 1.34. The van der Waals surface area contributed by atoms with Gasteiger partial charge in [0.15, 0.2) is 11.5 Å². The number of hydrogen-bond acceptors (Lipinski definition) is 6. The highest BCUT2D eigenvalue weighted by Gasteiger charge is 2.08. The third kappa shape index (κ3) is 3.80. The van der Waals surface area contributed by atoms with Crippen LogP contribution in [0.3, 0.4) is 0 Å². The van der Waals surface area contributed by atoms with Gasteiger partial charge in [0.1, 0.15) is 5.52 Å². The van der Waals surface area contributed by atoms with Crippen molar-refractivity contribution >= 4 is 22.9 Å². The Bertz CT molecular complexity index is 527. The fraction of sp³-hybridized carbons (Fsp3) is 0.615. The third-order valence-corrected chi connectivity index (χ3v) is 2.80. The van der Waals surface area contributed by atoms with Crippen LogP contribution in [0.1, 0.15) is 26.7 Å². The van der Waals surface area contributed by atoms with Crippen molar-refractivity contribution in [1.29, 1.82) is 0 Å². The number of anilines is 2. The summed E-state index contributed by atoms with van der Waals surface area (Å²) in [5.41, 5.74) is 1.48. The van der Waals surface area contributed by atoms with Gasteiger partial charge in [-0.15, -0.1) is 0 Å². The number of imidazole rings is 1. The van der Waals surface area contributed by atoms with Crippen molar-refractivity contribution in [2.75, 3.05) is 36.9 Å². The van der Waals surface area contributed by atoms with Crippen LogP contribution < -0.4 is 10.6 Å². The van der Waals surface area contributed by atoms with Crippen LogP contribution >= 0.6 is 0 Å². The third-order valence-electron chi connectivity index (χ3n) is 2.80. The Kier molecular flexibility index (Phi) is 5.55. The average Bonchev–Trinajstić information content (AvgIpc) is 2.91. The van der Waals surface area contributed by atoms with Gasteiger partial charge in [-0.3, -0.25) is 0 Å². The average molecular weight is 278 g/mol. The first-order valence-electron chi connectivity index (χ1n) is 7.11. The minimum Gasteiger partial charge on any atom is -0.380 e. The van der Waals surface area contributed by atoms with E-state index in [1.165, 1.54) is 0 Å². The van der Waals surface area contributed by atoms with E-state index < -0.39 is 0 Å². The van der Waals surface area contributed by atoms with Crippen LogP contribution in [-0.4, -0.2) is 46.2 Å². The van der Waals surface area contributed by atoms with Crippen LogP contribution in [0.4, 0.5) is 11.8 Å². The summed E-state index contributed by atoms with van der Waals surface area (Å²) in [7, 11) is 0. The summed E-state index contributed by atoms with van der Waals surface area (Å²) in [6, 6.07) is 0. The van der Waals surface area contributed by atoms with E-state index in [4.69, 9.17) is 4.74 Å². The lowest BCUT2D eigenvalue weighted by Crippen LogP contribution is -2.13. The molecule has 110 valence electrons. The molecule has 7 heteroatoms. The summed E-state index contributed by atoms with van der Waals surface area (Å²) in [6.07, 6.45) is 3.88. The van der Waals surface area contributed by atoms with E-state index in [0.717, 1.165) is 37.3 Å². The highest BCUT2D eigenvalue weighted by atomic mass is 16.5. The van der Waals surface area contributed by atoms with E-state index in [9.17, 15) is 0 Å². The highest BCUT2D eigenvalue weighted by molar-refractivity contribution is 5.83. The van der Waals surface area contributed by atoms with Crippen molar-refractivity contribution in [2.45, 2.75) is 26.7 Å². The Morgan fingerprint density at radius 1 is 1.20 bits per heavy atom. The lowest BCUT2D eigenvalue weighted by Gasteiger charge is -2.09. The number of nitrogens with one attached hydrogen (secondary N) is 3. The van der Waals surface area contributed by atoms with E-state index in [1.54, 1.807) is 6.33 Å². The van der Waals surface area contributed by atoms with Crippen LogP contribution in [0.15, 0.2) is 6.33 Å². The lowest BCUT2D eigenvalue weighted by molar-refractivity contribution is 0.141. The number of aromatic nitrogens is 4. The van der Waals surface area contributed by atoms with E-state index in [0.29, 0.717) is 24.7 Å². The standard InChI is InChI=1S/C13H22N6O/c1-3-5-7-20-8-6-15-11-10-12(17-9-16-10)19-13(18-11)14-4-2/h9H,3-8H2,1-2H3,(H3,14,15,16,17,18,19). The SMILES string of the molecule is CCCCOCCNc1nc(NCC)nc2nc[nH]c12. The van der Waals surface area contributed by atoms with Gasteiger partial charge < -0.3 is 20.4 Å². The molecule has 7 nitrogen and oxygen atoms in total. The van der Waals surface area contributed by atoms with Crippen LogP contribution in [0.2, 0.25) is 0 Å². The van der Waals surface area contributed by atoms with Gasteiger partial charge in [0.25, 0.3) is 0 Å². The maximum absolute atomic E-state index is 5.52. The van der Waals surface area contributed by atoms with E-state index in [1.807, 2.05) is 6.92 Å². The number of hydrogen-bond donors (Lipinski definition) is 3. The summed E-state index contributed by atoms with van der Waals surface area (Å²) in [5, 5.41) is 6.36. The van der Waals surface area contributed by atoms with Crippen molar-refractivity contribution in [3.8, 4) is 0 Å². The summed E-state index contributed by atoms with van der Waals surface area (Å²) in [6.45, 7) is 7.11. The van der Waals surface area contributed by atoms with Gasteiger partial charge >= 0.3 is 0 Å². The topological polar surface area (TPSA) is 87.8 Å². The van der Waals surface area contributed by atoms with Crippen LogP contribution in [0, 0.1) is 0 Å². The fourth-order valence-corrected chi connectivity index (χ4v) is 1.79. The first-order chi connectivity index (χ1) is 9.85. The normalized spacial score (nSPS) is 10.9. The molecule has 20 heavy (non-hydrogen) atoms. The van der Waals surface area contributed by atoms with Crippen LogP contribution in [-0.2, 0) is 4.74 Å². The number of nitrogens with zero attached hydrogens (tertiary/aromatic N) is 3. The van der Waals surface area contributed by atoms with Crippen LogP contribution in [0.25, 0.3) is 11.2 Å². The molecule has 0 aliphatic heterocycles. The molecular weight excluding hydrogens is 256 g/mol. The predicted molar refractivity (Wildman–Crippen MR) is 80.1 cm³/mol. The summed E-state index contributed by atoms with van der Waals surface area (Å²) < 4.78 is 5.52. The molecular formula is C13H22N6O. The second kappa shape index (κ2) is 7.64. The molecule has 2 aromatic rings. The fourth-order valence-electron chi connectivity index (χ4n) is 1.79. The number of rotatable bonds is 9. The Balaban J connectivity index is 1.95. The Morgan fingerprint density at radius 3 is 2.90 bits per heavy atom. The molecule has 3 N–H and O–H groups in total. The molecule has 0 radical (unpaired) electrons. The van der Waals surface area contributed by atoms with Gasteiger partial charge in [-0.25, -0.2) is 4.98 Å². The Labute approximate surface area is 118 Å². The minimum atomic E-state index is 0.585. The molecule has 0 amide bonds. The molecule has 0 atom stereocenters. The molecule has 0 bridgehead atoms. The predicted octanol–water partition coefficient (Wildman–Crippen LogP) is 2.01. The molecule has 0 fully saturated rings. The molecule has 0 saturated heterocycles. The maximum atomic E-state index is 5.52. The first kappa shape index (κ1) is 14.5. The van der Waals surface area contributed by atoms with Gasteiger partial charge in [-0.05, 0) is 13.3 Å². The monoisotopic (exact) mass is 278 g/mol. The summed E-state index contributed by atoms with van der Waals surface area (Å²) >= 11 is 0. The zero-order valence-electron chi connectivity index (χ0n) is 12.1. The minimum absolute atomic E-state index is 0.585. The van der Waals surface area contributed by atoms with Crippen molar-refractivity contribution < 1.29 is 4.74 Å². The van der Waals surface area contributed by atoms with E-state index in [2.05, 4.69) is 37.5 Å². The number of ether oxygens (including phenoxy) is 1. The van der Waals surface area contributed by atoms with Gasteiger partial charge in [-0.1, -0.05) is 13.3 Å². The molecule has 2 rings (SSSR count). The van der Waals surface area contributed by atoms with Crippen LogP contribution in [0.5, 0.6) is 0 Å². The number of fused-ring (bicyclic) bond motifs is 1. The molecule has 2 heterocycles. The molecule has 0 aromatic carbocycles. The number of H-pyrrole nitrogens is 1. The van der Waals surface area contributed by atoms with Gasteiger partial charge in [0.05, 0.1) is 12.9 Å². The molecule has 0 aliphatic carbocycles. The number of aromatic amines is 1. The molecule has 2 aromatic heterocycles. The van der Waals surface area contributed by atoms with E-state index in [-0.39, 0.29) is 0 Å². The Hall–Kier alpha value is -1.89. The lowest BCUT2D eigenvalue weighted by atomic mass is 10.4. The molecule has 0 aliphatic rings.